The third kappa shape index (κ3) is 25.2. The molecule has 14 amide bonds. The van der Waals surface area contributed by atoms with Crippen LogP contribution >= 0.6 is 0 Å². The van der Waals surface area contributed by atoms with Crippen molar-refractivity contribution in [2.24, 2.45) is 35.3 Å². The van der Waals surface area contributed by atoms with Crippen LogP contribution in [0.5, 0.6) is 0 Å². The maximum atomic E-state index is 15.0. The quantitative estimate of drug-likeness (QED) is 0.0281. The number of anilines is 1. The molecule has 31 heteroatoms. The monoisotopic (exact) mass is 1520 g/mol. The number of primary amides is 1. The van der Waals surface area contributed by atoms with Gasteiger partial charge in [-0.05, 0) is 99.8 Å². The lowest BCUT2D eigenvalue weighted by Gasteiger charge is -2.42. The first-order valence-corrected chi connectivity index (χ1v) is 37.8. The first-order chi connectivity index (χ1) is 51.5. The topological polar surface area (TPSA) is 394 Å². The Labute approximate surface area is 639 Å². The summed E-state index contributed by atoms with van der Waals surface area (Å²) in [5, 5.41) is 16.6. The molecule has 31 nitrogen and oxygen atoms in total. The highest BCUT2D eigenvalue weighted by Gasteiger charge is 2.45. The number of hydrogen-bond acceptors (Lipinski definition) is 19. The standard InChI is InChI=1S/C78H115N13O18/c1-16-49(8)68(58(106-14)43-64(97)89-37-21-25-57(89)69(107-15)50(9)70(98)83-56(75(103)109-78(10,11)12)42-51-22-18-17-19-23-51)86(13)74(102)66(47(4)5)85-73(101)67(48(6)7)87-38-40-88(41-39-87)77(105)108-45-52-26-28-53(29-27-52)81-71(99)55(24-20-36-80-76(79)104)82-72(100)65(46(2)3)84-59(92)31-30-54(91-62(95)34-35-63(91)96)44-90-60(93)32-33-61(90)94/h17-19,22-23,26-29,32-35,46-50,54-58,65-69H,16,20-21,24-25,30-31,36-45H2,1-15H3,(H,81,99)(H,82,100)(H,83,98)(H,84,92)(H,85,101)(H3,79,80,104)/t49-,50+,54?,55-,56-,57-,58+,65-,66-,67-,68-,69+/m0/s1. The van der Waals surface area contributed by atoms with Gasteiger partial charge in [0.2, 0.25) is 41.4 Å². The molecule has 4 aliphatic heterocycles. The van der Waals surface area contributed by atoms with Gasteiger partial charge in [0.25, 0.3) is 23.6 Å². The molecule has 4 heterocycles. The molecule has 6 rings (SSSR count). The smallest absolute Gasteiger partial charge is 0.410 e. The van der Waals surface area contributed by atoms with Gasteiger partial charge in [0, 0.05) is 103 Å². The number of rotatable bonds is 39. The normalized spacial score (nSPS) is 18.5. The minimum Gasteiger partial charge on any atom is -0.458 e. The predicted octanol–water partition coefficient (Wildman–Crippen LogP) is 4.11. The molecular weight excluding hydrogens is 1410 g/mol. The summed E-state index contributed by atoms with van der Waals surface area (Å²) in [4.78, 5) is 197. The van der Waals surface area contributed by atoms with Crippen molar-refractivity contribution in [1.82, 2.24) is 56.0 Å². The lowest BCUT2D eigenvalue weighted by Crippen LogP contribution is -2.62. The van der Waals surface area contributed by atoms with Crippen LogP contribution in [-0.4, -0.2) is 246 Å². The highest BCUT2D eigenvalue weighted by atomic mass is 16.6. The van der Waals surface area contributed by atoms with E-state index in [-0.39, 0.29) is 107 Å². The van der Waals surface area contributed by atoms with Crippen molar-refractivity contribution in [3.8, 4) is 0 Å². The Kier molecular flexibility index (Phi) is 33.4. The summed E-state index contributed by atoms with van der Waals surface area (Å²) >= 11 is 0. The van der Waals surface area contributed by atoms with Crippen molar-refractivity contribution in [2.45, 2.75) is 214 Å². The van der Waals surface area contributed by atoms with E-state index in [0.29, 0.717) is 50.1 Å². The molecule has 2 aromatic rings. The van der Waals surface area contributed by atoms with E-state index in [1.54, 1.807) is 87.6 Å². The molecule has 8 N–H and O–H groups in total. The van der Waals surface area contributed by atoms with Gasteiger partial charge in [-0.1, -0.05) is 111 Å². The average Bonchev–Trinajstić information content (AvgIpc) is 1.80. The van der Waals surface area contributed by atoms with Crippen LogP contribution in [0, 0.1) is 29.6 Å². The second kappa shape index (κ2) is 41.3. The van der Waals surface area contributed by atoms with Crippen LogP contribution in [0.2, 0.25) is 0 Å². The average molecular weight is 1520 g/mol. The first kappa shape index (κ1) is 88.3. The van der Waals surface area contributed by atoms with Gasteiger partial charge in [0.1, 0.15) is 36.4 Å². The summed E-state index contributed by atoms with van der Waals surface area (Å²) in [6.45, 7) is 22.9. The van der Waals surface area contributed by atoms with Gasteiger partial charge in [0.05, 0.1) is 55.3 Å². The number of ether oxygens (including phenoxy) is 4. The van der Waals surface area contributed by atoms with Gasteiger partial charge in [0.15, 0.2) is 0 Å². The molecule has 2 saturated heterocycles. The number of carbonyl (C=O) groups excluding carboxylic acids is 14. The summed E-state index contributed by atoms with van der Waals surface area (Å²) in [6, 6.07) is 7.78. The molecule has 0 bridgehead atoms. The highest BCUT2D eigenvalue weighted by Crippen LogP contribution is 2.31. The van der Waals surface area contributed by atoms with Gasteiger partial charge in [-0.2, -0.15) is 0 Å². The second-order valence-electron chi connectivity index (χ2n) is 30.5. The Morgan fingerprint density at radius 2 is 1.27 bits per heavy atom. The molecule has 0 saturated carbocycles. The van der Waals surface area contributed by atoms with Gasteiger partial charge < -0.3 is 71.3 Å². The molecule has 12 atom stereocenters. The minimum absolute atomic E-state index is 0.0202. The molecule has 0 aromatic heterocycles. The molecule has 2 fully saturated rings. The highest BCUT2D eigenvalue weighted by molar-refractivity contribution is 6.14. The number of piperazine rings is 1. The van der Waals surface area contributed by atoms with Crippen LogP contribution in [0.15, 0.2) is 78.9 Å². The predicted molar refractivity (Wildman–Crippen MR) is 403 cm³/mol. The van der Waals surface area contributed by atoms with Crippen molar-refractivity contribution < 1.29 is 86.1 Å². The Hall–Kier alpha value is -9.62. The Morgan fingerprint density at radius 1 is 0.661 bits per heavy atom. The molecule has 0 aliphatic carbocycles. The van der Waals surface area contributed by atoms with Crippen molar-refractivity contribution >= 4 is 88.8 Å². The third-order valence-electron chi connectivity index (χ3n) is 20.3. The van der Waals surface area contributed by atoms with Crippen LogP contribution in [0.4, 0.5) is 15.3 Å². The lowest BCUT2D eigenvalue weighted by atomic mass is 9.89. The summed E-state index contributed by atoms with van der Waals surface area (Å²) < 4.78 is 23.7. The Bertz CT molecular complexity index is 3560. The SMILES string of the molecule is CC[C@H](C)[C@@H]([C@@H](CC(=O)N1CCC[C@H]1[C@H](OC)[C@@H](C)C(=O)N[C@@H](Cc1ccccc1)C(=O)OC(C)(C)C)OC)N(C)C(=O)[C@@H](NC(=O)[C@H](C(C)C)N1CCN(C(=O)OCc2ccc(NC(=O)[C@H](CCCNC(N)=O)NC(=O)[C@@H](NC(=O)CCC(CN3C(=O)C=CC3=O)N3C(=O)C=CC3=O)C(C)C)cc2)CC1)C(C)C. The zero-order chi connectivity index (χ0) is 80.7. The van der Waals surface area contributed by atoms with Crippen molar-refractivity contribution in [1.29, 1.82) is 0 Å². The number of carbonyl (C=O) groups is 14. The molecule has 1 unspecified atom stereocenters. The van der Waals surface area contributed by atoms with Crippen molar-refractivity contribution in [2.75, 3.05) is 72.4 Å². The summed E-state index contributed by atoms with van der Waals surface area (Å²) in [6.07, 6.45) is 3.75. The number of amides is 14. The van der Waals surface area contributed by atoms with Gasteiger partial charge in [-0.15, -0.1) is 0 Å². The first-order valence-electron chi connectivity index (χ1n) is 37.8. The fourth-order valence-electron chi connectivity index (χ4n) is 14.2. The summed E-state index contributed by atoms with van der Waals surface area (Å²) in [5.74, 6) is -8.70. The number of methoxy groups -OCH3 is 2. The fourth-order valence-corrected chi connectivity index (χ4v) is 14.2. The number of nitrogens with two attached hydrogens (primary N) is 1. The number of benzene rings is 2. The molecule has 109 heavy (non-hydrogen) atoms. The number of imide groups is 2. The molecule has 0 radical (unpaired) electrons. The number of nitrogens with one attached hydrogen (secondary N) is 6. The number of hydrogen-bond donors (Lipinski definition) is 7. The largest absolute Gasteiger partial charge is 0.458 e. The van der Waals surface area contributed by atoms with Crippen LogP contribution < -0.4 is 37.6 Å². The Morgan fingerprint density at radius 3 is 1.83 bits per heavy atom. The number of nitrogens with zero attached hydrogens (tertiary/aromatic N) is 6. The molecule has 2 aromatic carbocycles. The Balaban J connectivity index is 1.02. The van der Waals surface area contributed by atoms with E-state index in [1.165, 1.54) is 14.2 Å². The molecule has 4 aliphatic rings. The zero-order valence-electron chi connectivity index (χ0n) is 65.8. The number of likely N-dealkylation sites (tertiary alicyclic amines) is 1. The second-order valence-corrected chi connectivity index (χ2v) is 30.5. The van der Waals surface area contributed by atoms with E-state index >= 15 is 0 Å². The number of esters is 1. The minimum atomic E-state index is -1.20. The van der Waals surface area contributed by atoms with Gasteiger partial charge >= 0.3 is 18.1 Å². The maximum Gasteiger partial charge on any atom is 0.410 e. The third-order valence-corrected chi connectivity index (χ3v) is 20.3. The van der Waals surface area contributed by atoms with E-state index in [1.807, 2.05) is 76.8 Å². The van der Waals surface area contributed by atoms with Crippen LogP contribution in [0.1, 0.15) is 146 Å². The van der Waals surface area contributed by atoms with E-state index < -0.39 is 143 Å². The fraction of sp³-hybridized carbons (Fsp3) is 0.615. The lowest BCUT2D eigenvalue weighted by molar-refractivity contribution is -0.159. The van der Waals surface area contributed by atoms with E-state index in [9.17, 15) is 67.1 Å². The van der Waals surface area contributed by atoms with E-state index in [2.05, 4.69) is 31.9 Å². The number of likely N-dealkylation sites (N-methyl/N-ethyl adjacent to an activating group) is 1. The van der Waals surface area contributed by atoms with Crippen molar-refractivity contribution in [3.63, 3.8) is 0 Å². The van der Waals surface area contributed by atoms with Crippen LogP contribution in [-0.2, 0) is 89.5 Å². The van der Waals surface area contributed by atoms with Crippen molar-refractivity contribution in [3.05, 3.63) is 90.0 Å². The molecular formula is C78H115N13O18. The van der Waals surface area contributed by atoms with E-state index in [0.717, 1.165) is 39.7 Å². The molecule has 600 valence electrons. The zero-order valence-corrected chi connectivity index (χ0v) is 65.8. The van der Waals surface area contributed by atoms with Gasteiger partial charge in [-0.3, -0.25) is 67.4 Å². The molecule has 0 spiro atoms. The van der Waals surface area contributed by atoms with Crippen LogP contribution in [0.3, 0.4) is 0 Å². The summed E-state index contributed by atoms with van der Waals surface area (Å²) in [5.41, 5.74) is 6.19. The maximum absolute atomic E-state index is 15.0. The van der Waals surface area contributed by atoms with Crippen LogP contribution in [0.25, 0.3) is 0 Å². The number of urea groups is 1. The summed E-state index contributed by atoms with van der Waals surface area (Å²) in [7, 11) is 4.69. The van der Waals surface area contributed by atoms with E-state index in [4.69, 9.17) is 24.7 Å². The van der Waals surface area contributed by atoms with Gasteiger partial charge in [-0.25, -0.2) is 14.4 Å².